The highest BCUT2D eigenvalue weighted by Gasteiger charge is 1.97. The molecule has 0 heterocycles. The number of aromatic hydroxyl groups is 1. The third kappa shape index (κ3) is 1.97. The first-order chi connectivity index (χ1) is 5.24. The van der Waals surface area contributed by atoms with E-state index in [0.717, 1.165) is 24.0 Å². The molecule has 1 nitrogen and oxygen atoms in total. The van der Waals surface area contributed by atoms with E-state index in [-0.39, 0.29) is 0 Å². The normalized spacial score (nSPS) is 10.0. The van der Waals surface area contributed by atoms with Gasteiger partial charge >= 0.3 is 0 Å². The molecule has 0 saturated heterocycles. The predicted molar refractivity (Wildman–Crippen MR) is 46.6 cm³/mol. The van der Waals surface area contributed by atoms with Crippen molar-refractivity contribution in [2.45, 2.75) is 19.8 Å². The maximum absolute atomic E-state index is 9.14. The molecule has 0 aliphatic rings. The molecule has 1 aromatic carbocycles. The Kier molecular flexibility index (Phi) is 2.53. The van der Waals surface area contributed by atoms with E-state index in [2.05, 4.69) is 13.8 Å². The van der Waals surface area contributed by atoms with E-state index in [1.807, 2.05) is 6.07 Å². The molecule has 11 heavy (non-hydrogen) atoms. The van der Waals surface area contributed by atoms with Crippen molar-refractivity contribution in [1.29, 1.82) is 0 Å². The Morgan fingerprint density at radius 1 is 1.45 bits per heavy atom. The van der Waals surface area contributed by atoms with Gasteiger partial charge in [0, 0.05) is 0 Å². The van der Waals surface area contributed by atoms with Crippen molar-refractivity contribution >= 4 is 0 Å². The summed E-state index contributed by atoms with van der Waals surface area (Å²) in [6.45, 7) is 5.98. The van der Waals surface area contributed by atoms with E-state index in [0.29, 0.717) is 5.75 Å². The molecule has 0 aromatic heterocycles. The molecule has 0 unspecified atom stereocenters. The van der Waals surface area contributed by atoms with Gasteiger partial charge < -0.3 is 5.11 Å². The van der Waals surface area contributed by atoms with Crippen LogP contribution in [0.15, 0.2) is 18.2 Å². The lowest BCUT2D eigenvalue weighted by Gasteiger charge is -2.03. The van der Waals surface area contributed by atoms with Crippen LogP contribution in [0.2, 0.25) is 0 Å². The molecule has 0 bridgehead atoms. The average molecular weight is 149 g/mol. The Balaban J connectivity index is 2.93. The number of aryl methyl sites for hydroxylation is 1. The van der Waals surface area contributed by atoms with Crippen LogP contribution in [0, 0.1) is 6.92 Å². The summed E-state index contributed by atoms with van der Waals surface area (Å²) in [6, 6.07) is 5.30. The quantitative estimate of drug-likeness (QED) is 0.685. The van der Waals surface area contributed by atoms with E-state index in [9.17, 15) is 0 Å². The van der Waals surface area contributed by atoms with Crippen LogP contribution >= 0.6 is 0 Å². The topological polar surface area (TPSA) is 20.2 Å². The van der Waals surface area contributed by atoms with Crippen molar-refractivity contribution < 1.29 is 5.11 Å². The van der Waals surface area contributed by atoms with E-state index in [1.54, 1.807) is 12.1 Å². The summed E-state index contributed by atoms with van der Waals surface area (Å²) in [4.78, 5) is 0. The van der Waals surface area contributed by atoms with Crippen LogP contribution in [-0.2, 0) is 6.42 Å². The molecule has 0 fully saturated rings. The van der Waals surface area contributed by atoms with Crippen LogP contribution < -0.4 is 0 Å². The minimum Gasteiger partial charge on any atom is -0.508 e. The molecule has 0 aliphatic carbocycles. The zero-order valence-electron chi connectivity index (χ0n) is 6.80. The SMILES string of the molecule is [CH2]c1ccc(O)cc1CCC. The highest BCUT2D eigenvalue weighted by Crippen LogP contribution is 2.16. The summed E-state index contributed by atoms with van der Waals surface area (Å²) < 4.78 is 0. The van der Waals surface area contributed by atoms with Crippen molar-refractivity contribution in [3.63, 3.8) is 0 Å². The van der Waals surface area contributed by atoms with Crippen LogP contribution in [0.4, 0.5) is 0 Å². The summed E-state index contributed by atoms with van der Waals surface area (Å²) in [5.74, 6) is 0.334. The lowest BCUT2D eigenvalue weighted by molar-refractivity contribution is 0.474. The van der Waals surface area contributed by atoms with Gasteiger partial charge in [0.15, 0.2) is 0 Å². The molecule has 0 amide bonds. The van der Waals surface area contributed by atoms with Gasteiger partial charge in [-0.3, -0.25) is 0 Å². The second kappa shape index (κ2) is 3.42. The zero-order chi connectivity index (χ0) is 8.27. The molecule has 59 valence electrons. The third-order valence-corrected chi connectivity index (χ3v) is 1.71. The molecule has 0 saturated carbocycles. The number of hydrogen-bond donors (Lipinski definition) is 1. The third-order valence-electron chi connectivity index (χ3n) is 1.71. The van der Waals surface area contributed by atoms with Crippen LogP contribution in [0.1, 0.15) is 24.5 Å². The summed E-state index contributed by atoms with van der Waals surface area (Å²) in [5, 5.41) is 9.14. The molecule has 1 N–H and O–H groups in total. The van der Waals surface area contributed by atoms with Crippen molar-refractivity contribution in [3.05, 3.63) is 36.2 Å². The fourth-order valence-electron chi connectivity index (χ4n) is 1.11. The maximum Gasteiger partial charge on any atom is 0.115 e. The second-order valence-electron chi connectivity index (χ2n) is 2.70. The molecular formula is C10H13O. The smallest absolute Gasteiger partial charge is 0.115 e. The van der Waals surface area contributed by atoms with E-state index in [4.69, 9.17) is 5.11 Å². The van der Waals surface area contributed by atoms with Gasteiger partial charge in [-0.15, -0.1) is 0 Å². The molecule has 1 rings (SSSR count). The predicted octanol–water partition coefficient (Wildman–Crippen LogP) is 2.53. The standard InChI is InChI=1S/C10H13O/c1-3-4-9-7-10(11)6-5-8(9)2/h5-7,11H,2-4H2,1H3. The molecule has 1 heteroatoms. The van der Waals surface area contributed by atoms with E-state index in [1.165, 1.54) is 0 Å². The molecule has 1 aromatic rings. The minimum atomic E-state index is 0.334. The van der Waals surface area contributed by atoms with E-state index >= 15 is 0 Å². The van der Waals surface area contributed by atoms with Gasteiger partial charge in [0.25, 0.3) is 0 Å². The highest BCUT2D eigenvalue weighted by atomic mass is 16.3. The fraction of sp³-hybridized carbons (Fsp3) is 0.300. The van der Waals surface area contributed by atoms with Crippen molar-refractivity contribution in [3.8, 4) is 5.75 Å². The van der Waals surface area contributed by atoms with Crippen LogP contribution in [0.5, 0.6) is 5.75 Å². The van der Waals surface area contributed by atoms with Crippen LogP contribution in [0.3, 0.4) is 0 Å². The Morgan fingerprint density at radius 2 is 2.18 bits per heavy atom. The average Bonchev–Trinajstić information content (AvgIpc) is 1.98. The van der Waals surface area contributed by atoms with Gasteiger partial charge in [-0.2, -0.15) is 0 Å². The summed E-state index contributed by atoms with van der Waals surface area (Å²) in [7, 11) is 0. The number of phenolic OH excluding ortho intramolecular Hbond substituents is 1. The minimum absolute atomic E-state index is 0.334. The number of benzene rings is 1. The number of hydrogen-bond acceptors (Lipinski definition) is 1. The second-order valence-corrected chi connectivity index (χ2v) is 2.70. The molecule has 0 atom stereocenters. The van der Waals surface area contributed by atoms with Gasteiger partial charge in [0.05, 0.1) is 0 Å². The first-order valence-corrected chi connectivity index (χ1v) is 3.88. The Bertz CT molecular complexity index is 241. The molecule has 0 spiro atoms. The maximum atomic E-state index is 9.14. The van der Waals surface area contributed by atoms with Crippen molar-refractivity contribution in [2.24, 2.45) is 0 Å². The summed E-state index contributed by atoms with van der Waals surface area (Å²) in [6.07, 6.45) is 2.08. The Hall–Kier alpha value is -0.980. The first-order valence-electron chi connectivity index (χ1n) is 3.88. The van der Waals surface area contributed by atoms with Crippen molar-refractivity contribution in [1.82, 2.24) is 0 Å². The molecule has 1 radical (unpaired) electrons. The Labute approximate surface area is 67.7 Å². The number of rotatable bonds is 2. The number of phenols is 1. The van der Waals surface area contributed by atoms with Gasteiger partial charge in [0.1, 0.15) is 5.75 Å². The Morgan fingerprint density at radius 3 is 2.82 bits per heavy atom. The highest BCUT2D eigenvalue weighted by molar-refractivity contribution is 5.36. The van der Waals surface area contributed by atoms with Crippen LogP contribution in [0.25, 0.3) is 0 Å². The fourth-order valence-corrected chi connectivity index (χ4v) is 1.11. The summed E-state index contributed by atoms with van der Waals surface area (Å²) in [5.41, 5.74) is 2.16. The monoisotopic (exact) mass is 149 g/mol. The van der Waals surface area contributed by atoms with Gasteiger partial charge in [-0.25, -0.2) is 0 Å². The van der Waals surface area contributed by atoms with E-state index < -0.39 is 0 Å². The largest absolute Gasteiger partial charge is 0.508 e. The lowest BCUT2D eigenvalue weighted by Crippen LogP contribution is -1.86. The van der Waals surface area contributed by atoms with Crippen LogP contribution in [-0.4, -0.2) is 5.11 Å². The summed E-state index contributed by atoms with van der Waals surface area (Å²) >= 11 is 0. The molecular weight excluding hydrogens is 136 g/mol. The van der Waals surface area contributed by atoms with Gasteiger partial charge in [-0.05, 0) is 36.6 Å². The zero-order valence-corrected chi connectivity index (χ0v) is 6.80. The van der Waals surface area contributed by atoms with Gasteiger partial charge in [-0.1, -0.05) is 19.4 Å². The lowest BCUT2D eigenvalue weighted by atomic mass is 10.0. The first kappa shape index (κ1) is 8.12. The van der Waals surface area contributed by atoms with Crippen molar-refractivity contribution in [2.75, 3.05) is 0 Å². The van der Waals surface area contributed by atoms with Gasteiger partial charge in [0.2, 0.25) is 0 Å². The molecule has 0 aliphatic heterocycles.